The Hall–Kier alpha value is -0.590. The Bertz CT molecular complexity index is 333. The van der Waals surface area contributed by atoms with Gasteiger partial charge in [0.2, 0.25) is 0 Å². The number of piperidine rings is 1. The van der Waals surface area contributed by atoms with Crippen molar-refractivity contribution < 1.29 is 0 Å². The summed E-state index contributed by atoms with van der Waals surface area (Å²) in [5.74, 6) is 0.824. The third-order valence-corrected chi connectivity index (χ3v) is 4.71. The van der Waals surface area contributed by atoms with Gasteiger partial charge in [-0.1, -0.05) is 6.92 Å². The van der Waals surface area contributed by atoms with Gasteiger partial charge in [0.15, 0.2) is 0 Å². The molecular weight excluding hydrogens is 234 g/mol. The minimum atomic E-state index is -0.280. The standard InChI is InChI=1S/C16H29N3/c1-13(2)18-16(12-17)8-4-7-15(10-16)19-9-5-6-14(3)11-19/h13-15,18H,4-11H2,1-3H3. The maximum absolute atomic E-state index is 9.63. The number of hydrogen-bond acceptors (Lipinski definition) is 3. The Morgan fingerprint density at radius 2 is 2.11 bits per heavy atom. The molecule has 2 aliphatic rings. The Kier molecular flexibility index (Phi) is 4.86. The zero-order valence-corrected chi connectivity index (χ0v) is 12.8. The summed E-state index contributed by atoms with van der Waals surface area (Å²) < 4.78 is 0. The summed E-state index contributed by atoms with van der Waals surface area (Å²) in [6, 6.07) is 3.59. The highest BCUT2D eigenvalue weighted by Crippen LogP contribution is 2.33. The van der Waals surface area contributed by atoms with Gasteiger partial charge in [0.25, 0.3) is 0 Å². The molecule has 2 fully saturated rings. The van der Waals surface area contributed by atoms with Crippen LogP contribution in [0.1, 0.15) is 59.3 Å². The molecule has 0 aromatic heterocycles. The van der Waals surface area contributed by atoms with Gasteiger partial charge in [0.05, 0.1) is 6.07 Å². The lowest BCUT2D eigenvalue weighted by Gasteiger charge is -2.44. The third kappa shape index (κ3) is 3.70. The molecule has 3 nitrogen and oxygen atoms in total. The van der Waals surface area contributed by atoms with Gasteiger partial charge in [-0.15, -0.1) is 0 Å². The molecule has 3 heteroatoms. The predicted molar refractivity (Wildman–Crippen MR) is 78.8 cm³/mol. The molecule has 0 radical (unpaired) electrons. The summed E-state index contributed by atoms with van der Waals surface area (Å²) in [5, 5.41) is 13.2. The Balaban J connectivity index is 2.01. The van der Waals surface area contributed by atoms with E-state index in [4.69, 9.17) is 0 Å². The first-order valence-electron chi connectivity index (χ1n) is 7.98. The van der Waals surface area contributed by atoms with E-state index in [9.17, 15) is 5.26 Å². The van der Waals surface area contributed by atoms with Gasteiger partial charge in [-0.25, -0.2) is 0 Å². The molecule has 3 atom stereocenters. The van der Waals surface area contributed by atoms with E-state index in [-0.39, 0.29) is 5.54 Å². The Morgan fingerprint density at radius 3 is 2.74 bits per heavy atom. The fourth-order valence-electron chi connectivity index (χ4n) is 3.93. The zero-order chi connectivity index (χ0) is 13.9. The molecule has 108 valence electrons. The molecular formula is C16H29N3. The first kappa shape index (κ1) is 14.8. The van der Waals surface area contributed by atoms with E-state index in [1.54, 1.807) is 0 Å². The number of likely N-dealkylation sites (tertiary alicyclic amines) is 1. The van der Waals surface area contributed by atoms with Crippen molar-refractivity contribution in [2.45, 2.75) is 76.9 Å². The number of nitriles is 1. The van der Waals surface area contributed by atoms with E-state index in [0.29, 0.717) is 12.1 Å². The van der Waals surface area contributed by atoms with Crippen molar-refractivity contribution >= 4 is 0 Å². The van der Waals surface area contributed by atoms with Crippen LogP contribution in [0, 0.1) is 17.2 Å². The fourth-order valence-corrected chi connectivity index (χ4v) is 3.93. The van der Waals surface area contributed by atoms with Crippen molar-refractivity contribution in [1.29, 1.82) is 5.26 Å². The quantitative estimate of drug-likeness (QED) is 0.851. The van der Waals surface area contributed by atoms with Crippen molar-refractivity contribution in [1.82, 2.24) is 10.2 Å². The van der Waals surface area contributed by atoms with Gasteiger partial charge in [-0.3, -0.25) is 5.32 Å². The number of hydrogen-bond donors (Lipinski definition) is 1. The van der Waals surface area contributed by atoms with Crippen LogP contribution in [-0.2, 0) is 0 Å². The van der Waals surface area contributed by atoms with Crippen LogP contribution in [0.15, 0.2) is 0 Å². The number of rotatable bonds is 3. The molecule has 0 amide bonds. The predicted octanol–water partition coefficient (Wildman–Crippen LogP) is 2.92. The van der Waals surface area contributed by atoms with Gasteiger partial charge in [0, 0.05) is 18.6 Å². The SMILES string of the molecule is CC1CCCN(C2CCCC(C#N)(NC(C)C)C2)C1. The second-order valence-electron chi connectivity index (χ2n) is 6.99. The van der Waals surface area contributed by atoms with Crippen LogP contribution >= 0.6 is 0 Å². The lowest BCUT2D eigenvalue weighted by Crippen LogP contribution is -2.55. The molecule has 0 bridgehead atoms. The first-order chi connectivity index (χ1) is 9.04. The van der Waals surface area contributed by atoms with Crippen molar-refractivity contribution in [3.05, 3.63) is 0 Å². The first-order valence-corrected chi connectivity index (χ1v) is 7.98. The van der Waals surface area contributed by atoms with Crippen LogP contribution in [-0.4, -0.2) is 35.6 Å². The molecule has 1 saturated carbocycles. The molecule has 0 aromatic carbocycles. The molecule has 3 unspecified atom stereocenters. The monoisotopic (exact) mass is 263 g/mol. The smallest absolute Gasteiger partial charge is 0.108 e. The van der Waals surface area contributed by atoms with Crippen LogP contribution in [0.2, 0.25) is 0 Å². The van der Waals surface area contributed by atoms with Crippen LogP contribution in [0.5, 0.6) is 0 Å². The number of nitrogens with zero attached hydrogens (tertiary/aromatic N) is 2. The van der Waals surface area contributed by atoms with Gasteiger partial charge in [0.1, 0.15) is 5.54 Å². The van der Waals surface area contributed by atoms with E-state index >= 15 is 0 Å². The minimum Gasteiger partial charge on any atom is -0.300 e. The highest BCUT2D eigenvalue weighted by Gasteiger charge is 2.39. The van der Waals surface area contributed by atoms with Crippen LogP contribution in [0.4, 0.5) is 0 Å². The summed E-state index contributed by atoms with van der Waals surface area (Å²) >= 11 is 0. The topological polar surface area (TPSA) is 39.1 Å². The molecule has 1 heterocycles. The summed E-state index contributed by atoms with van der Waals surface area (Å²) in [7, 11) is 0. The maximum atomic E-state index is 9.63. The molecule has 0 aromatic rings. The summed E-state index contributed by atoms with van der Waals surface area (Å²) in [6.07, 6.45) is 7.18. The average Bonchev–Trinajstić information content (AvgIpc) is 2.38. The van der Waals surface area contributed by atoms with Crippen molar-refractivity contribution in [3.8, 4) is 6.07 Å². The molecule has 1 aliphatic carbocycles. The second-order valence-corrected chi connectivity index (χ2v) is 6.99. The average molecular weight is 263 g/mol. The molecule has 1 N–H and O–H groups in total. The lowest BCUT2D eigenvalue weighted by molar-refractivity contribution is 0.0788. The highest BCUT2D eigenvalue weighted by molar-refractivity contribution is 5.11. The van der Waals surface area contributed by atoms with E-state index in [2.05, 4.69) is 37.1 Å². The van der Waals surface area contributed by atoms with Crippen molar-refractivity contribution in [2.24, 2.45) is 5.92 Å². The minimum absolute atomic E-state index is 0.280. The van der Waals surface area contributed by atoms with Crippen LogP contribution in [0.25, 0.3) is 0 Å². The van der Waals surface area contributed by atoms with Crippen molar-refractivity contribution in [3.63, 3.8) is 0 Å². The highest BCUT2D eigenvalue weighted by atomic mass is 15.2. The molecule has 2 rings (SSSR count). The lowest BCUT2D eigenvalue weighted by atomic mass is 9.78. The molecule has 1 aliphatic heterocycles. The van der Waals surface area contributed by atoms with Crippen LogP contribution < -0.4 is 5.32 Å². The molecule has 1 saturated heterocycles. The van der Waals surface area contributed by atoms with Gasteiger partial charge in [-0.05, 0) is 64.8 Å². The summed E-state index contributed by atoms with van der Waals surface area (Å²) in [4.78, 5) is 2.65. The fraction of sp³-hybridized carbons (Fsp3) is 0.938. The molecule has 0 spiro atoms. The maximum Gasteiger partial charge on any atom is 0.108 e. The van der Waals surface area contributed by atoms with E-state index in [1.807, 2.05) is 0 Å². The normalized spacial score (nSPS) is 37.2. The molecule has 19 heavy (non-hydrogen) atoms. The number of nitrogens with one attached hydrogen (secondary N) is 1. The van der Waals surface area contributed by atoms with E-state index < -0.39 is 0 Å². The summed E-state index contributed by atoms with van der Waals surface area (Å²) in [5.41, 5.74) is -0.280. The zero-order valence-electron chi connectivity index (χ0n) is 12.8. The van der Waals surface area contributed by atoms with Crippen LogP contribution in [0.3, 0.4) is 0 Å². The van der Waals surface area contributed by atoms with Gasteiger partial charge >= 0.3 is 0 Å². The van der Waals surface area contributed by atoms with E-state index in [0.717, 1.165) is 18.8 Å². The van der Waals surface area contributed by atoms with Crippen molar-refractivity contribution in [2.75, 3.05) is 13.1 Å². The van der Waals surface area contributed by atoms with Gasteiger partial charge in [-0.2, -0.15) is 5.26 Å². The van der Waals surface area contributed by atoms with E-state index in [1.165, 1.54) is 38.8 Å². The third-order valence-electron chi connectivity index (χ3n) is 4.71. The Labute approximate surface area is 118 Å². The second kappa shape index (κ2) is 6.24. The Morgan fingerprint density at radius 1 is 1.32 bits per heavy atom. The van der Waals surface area contributed by atoms with Gasteiger partial charge < -0.3 is 4.90 Å². The summed E-state index contributed by atoms with van der Waals surface area (Å²) in [6.45, 7) is 9.11. The largest absolute Gasteiger partial charge is 0.300 e.